The molecule has 2 aromatic carbocycles. The smallest absolute Gasteiger partial charge is 0.266 e. The number of carbonyl (C=O) groups is 1. The minimum Gasteiger partial charge on any atom is -0.497 e. The van der Waals surface area contributed by atoms with E-state index >= 15 is 0 Å². The number of hydrogen-bond donors (Lipinski definition) is 0. The van der Waals surface area contributed by atoms with Gasteiger partial charge in [0.25, 0.3) is 5.56 Å². The van der Waals surface area contributed by atoms with Crippen LogP contribution in [0.25, 0.3) is 16.6 Å². The highest BCUT2D eigenvalue weighted by molar-refractivity contribution is 5.79. The fourth-order valence-electron chi connectivity index (χ4n) is 4.75. The number of methoxy groups -OCH3 is 1. The molecule has 0 bridgehead atoms. The number of hydrogen-bond acceptors (Lipinski definition) is 4. The second-order valence-corrected chi connectivity index (χ2v) is 10.3. The van der Waals surface area contributed by atoms with Crippen molar-refractivity contribution in [3.8, 4) is 11.4 Å². The van der Waals surface area contributed by atoms with Crippen LogP contribution in [-0.2, 0) is 4.79 Å². The number of aromatic nitrogens is 2. The molecule has 0 aliphatic rings. The Labute approximate surface area is 202 Å². The highest BCUT2D eigenvalue weighted by Crippen LogP contribution is 2.29. The molecule has 1 heterocycles. The van der Waals surface area contributed by atoms with Crippen LogP contribution in [0.15, 0.2) is 53.3 Å². The summed E-state index contributed by atoms with van der Waals surface area (Å²) in [7, 11) is 1.61. The van der Waals surface area contributed by atoms with E-state index in [1.54, 1.807) is 17.7 Å². The zero-order valence-electron chi connectivity index (χ0n) is 21.5. The Bertz CT molecular complexity index is 1190. The number of para-hydroxylation sites is 1. The molecular formula is C28H37N3O3. The van der Waals surface area contributed by atoms with Crippen molar-refractivity contribution >= 4 is 16.8 Å². The van der Waals surface area contributed by atoms with Crippen molar-refractivity contribution in [3.05, 3.63) is 64.7 Å². The average molecular weight is 464 g/mol. The van der Waals surface area contributed by atoms with Crippen LogP contribution >= 0.6 is 0 Å². The van der Waals surface area contributed by atoms with Gasteiger partial charge >= 0.3 is 0 Å². The molecule has 34 heavy (non-hydrogen) atoms. The number of carbonyl (C=O) groups excluding carboxylic acids is 1. The van der Waals surface area contributed by atoms with Gasteiger partial charge in [0.15, 0.2) is 0 Å². The third-order valence-corrected chi connectivity index (χ3v) is 6.12. The number of ether oxygens (including phenoxy) is 1. The summed E-state index contributed by atoms with van der Waals surface area (Å²) >= 11 is 0. The molecule has 2 atom stereocenters. The standard InChI is InChI=1S/C28H37N3O3/c1-8-30(25(32)17-19(2)18-28(4,5)6)20(3)26-29-24-12-10-9-11-23(24)27(33)31(26)21-13-15-22(34-7)16-14-21/h9-16,19-20H,8,17-18H2,1-7H3. The highest BCUT2D eigenvalue weighted by atomic mass is 16.5. The van der Waals surface area contributed by atoms with Crippen molar-refractivity contribution in [2.24, 2.45) is 11.3 Å². The van der Waals surface area contributed by atoms with Crippen LogP contribution < -0.4 is 10.3 Å². The predicted molar refractivity (Wildman–Crippen MR) is 138 cm³/mol. The van der Waals surface area contributed by atoms with Crippen LogP contribution in [0.3, 0.4) is 0 Å². The Morgan fingerprint density at radius 1 is 1.09 bits per heavy atom. The lowest BCUT2D eigenvalue weighted by atomic mass is 9.84. The van der Waals surface area contributed by atoms with E-state index < -0.39 is 0 Å². The lowest BCUT2D eigenvalue weighted by molar-refractivity contribution is -0.134. The minimum atomic E-state index is -0.376. The summed E-state index contributed by atoms with van der Waals surface area (Å²) in [5.74, 6) is 1.60. The molecule has 3 rings (SSSR count). The van der Waals surface area contributed by atoms with Gasteiger partial charge in [-0.3, -0.25) is 14.2 Å². The normalized spacial score (nSPS) is 13.5. The van der Waals surface area contributed by atoms with Crippen molar-refractivity contribution in [1.82, 2.24) is 14.5 Å². The zero-order valence-corrected chi connectivity index (χ0v) is 21.5. The Hall–Kier alpha value is -3.15. The van der Waals surface area contributed by atoms with Crippen LogP contribution in [0.1, 0.15) is 66.3 Å². The summed E-state index contributed by atoms with van der Waals surface area (Å²) < 4.78 is 6.91. The van der Waals surface area contributed by atoms with Crippen molar-refractivity contribution in [2.45, 2.75) is 60.4 Å². The van der Waals surface area contributed by atoms with E-state index in [1.807, 2.05) is 61.2 Å². The van der Waals surface area contributed by atoms with Crippen molar-refractivity contribution < 1.29 is 9.53 Å². The fourth-order valence-corrected chi connectivity index (χ4v) is 4.75. The van der Waals surface area contributed by atoms with Crippen LogP contribution in [-0.4, -0.2) is 34.0 Å². The summed E-state index contributed by atoms with van der Waals surface area (Å²) in [5, 5.41) is 0.544. The Morgan fingerprint density at radius 2 is 1.74 bits per heavy atom. The van der Waals surface area contributed by atoms with Gasteiger partial charge in [-0.1, -0.05) is 39.8 Å². The van der Waals surface area contributed by atoms with E-state index in [-0.39, 0.29) is 28.8 Å². The summed E-state index contributed by atoms with van der Waals surface area (Å²) in [5.41, 5.74) is 1.33. The topological polar surface area (TPSA) is 64.4 Å². The van der Waals surface area contributed by atoms with Crippen LogP contribution in [0.5, 0.6) is 5.75 Å². The SMILES string of the molecule is CCN(C(=O)CC(C)CC(C)(C)C)C(C)c1nc2ccccc2c(=O)n1-c1ccc(OC)cc1. The summed E-state index contributed by atoms with van der Waals surface area (Å²) in [6, 6.07) is 14.3. The second kappa shape index (κ2) is 10.4. The molecule has 0 spiro atoms. The maximum absolute atomic E-state index is 13.6. The second-order valence-electron chi connectivity index (χ2n) is 10.3. The maximum atomic E-state index is 13.6. The van der Waals surface area contributed by atoms with E-state index in [1.165, 1.54) is 0 Å². The maximum Gasteiger partial charge on any atom is 0.266 e. The highest BCUT2D eigenvalue weighted by Gasteiger charge is 2.27. The minimum absolute atomic E-state index is 0.0791. The number of benzene rings is 2. The van der Waals surface area contributed by atoms with Crippen molar-refractivity contribution in [1.29, 1.82) is 0 Å². The van der Waals surface area contributed by atoms with Gasteiger partial charge < -0.3 is 9.64 Å². The first kappa shape index (κ1) is 25.5. The molecule has 0 aliphatic carbocycles. The summed E-state index contributed by atoms with van der Waals surface area (Å²) in [6.07, 6.45) is 1.44. The van der Waals surface area contributed by atoms with E-state index in [4.69, 9.17) is 9.72 Å². The molecule has 6 heteroatoms. The first-order valence-corrected chi connectivity index (χ1v) is 12.0. The predicted octanol–water partition coefficient (Wildman–Crippen LogP) is 5.77. The molecular weight excluding hydrogens is 426 g/mol. The lowest BCUT2D eigenvalue weighted by Gasteiger charge is -2.31. The van der Waals surface area contributed by atoms with Crippen LogP contribution in [0.4, 0.5) is 0 Å². The molecule has 0 saturated heterocycles. The number of nitrogens with zero attached hydrogens (tertiary/aromatic N) is 3. The molecule has 0 N–H and O–H groups in total. The van der Waals surface area contributed by atoms with E-state index in [0.29, 0.717) is 41.1 Å². The number of rotatable bonds is 8. The number of fused-ring (bicyclic) bond motifs is 1. The van der Waals surface area contributed by atoms with Crippen LogP contribution in [0.2, 0.25) is 0 Å². The van der Waals surface area contributed by atoms with Gasteiger partial charge in [0.05, 0.1) is 29.7 Å². The molecule has 6 nitrogen and oxygen atoms in total. The lowest BCUT2D eigenvalue weighted by Crippen LogP contribution is -2.38. The van der Waals surface area contributed by atoms with Gasteiger partial charge in [0.2, 0.25) is 5.91 Å². The molecule has 0 fully saturated rings. The molecule has 0 radical (unpaired) electrons. The quantitative estimate of drug-likeness (QED) is 0.426. The van der Waals surface area contributed by atoms with Gasteiger partial charge in [-0.25, -0.2) is 4.98 Å². The summed E-state index contributed by atoms with van der Waals surface area (Å²) in [4.78, 5) is 33.7. The Morgan fingerprint density at radius 3 is 2.32 bits per heavy atom. The number of amides is 1. The summed E-state index contributed by atoms with van der Waals surface area (Å²) in [6.45, 7) is 13.2. The average Bonchev–Trinajstić information content (AvgIpc) is 2.78. The molecule has 2 unspecified atom stereocenters. The van der Waals surface area contributed by atoms with Gasteiger partial charge in [0.1, 0.15) is 11.6 Å². The largest absolute Gasteiger partial charge is 0.497 e. The van der Waals surface area contributed by atoms with E-state index in [0.717, 1.165) is 6.42 Å². The van der Waals surface area contributed by atoms with Gasteiger partial charge in [-0.15, -0.1) is 0 Å². The Kier molecular flexibility index (Phi) is 7.80. The third kappa shape index (κ3) is 5.66. The fraction of sp³-hybridized carbons (Fsp3) is 0.464. The van der Waals surface area contributed by atoms with Gasteiger partial charge in [-0.05, 0) is 68.0 Å². The molecule has 0 aliphatic heterocycles. The molecule has 182 valence electrons. The molecule has 0 saturated carbocycles. The van der Waals surface area contributed by atoms with E-state index in [9.17, 15) is 9.59 Å². The van der Waals surface area contributed by atoms with E-state index in [2.05, 4.69) is 27.7 Å². The van der Waals surface area contributed by atoms with Gasteiger partial charge in [0, 0.05) is 13.0 Å². The van der Waals surface area contributed by atoms with Crippen molar-refractivity contribution in [3.63, 3.8) is 0 Å². The first-order valence-electron chi connectivity index (χ1n) is 12.0. The molecule has 1 amide bonds. The molecule has 1 aromatic heterocycles. The molecule has 3 aromatic rings. The van der Waals surface area contributed by atoms with Crippen molar-refractivity contribution in [2.75, 3.05) is 13.7 Å². The first-order chi connectivity index (χ1) is 16.1. The zero-order chi connectivity index (χ0) is 25.0. The third-order valence-electron chi connectivity index (χ3n) is 6.12. The Balaban J connectivity index is 2.07. The van der Waals surface area contributed by atoms with Gasteiger partial charge in [-0.2, -0.15) is 0 Å². The monoisotopic (exact) mass is 463 g/mol. The van der Waals surface area contributed by atoms with Crippen LogP contribution in [0, 0.1) is 11.3 Å².